The molecular weight excluding hydrogens is 364 g/mol. The lowest BCUT2D eigenvalue weighted by Crippen LogP contribution is -2.37. The van der Waals surface area contributed by atoms with Gasteiger partial charge in [0.15, 0.2) is 0 Å². The highest BCUT2D eigenvalue weighted by atomic mass is 16.5. The second kappa shape index (κ2) is 9.06. The average Bonchev–Trinajstić information content (AvgIpc) is 2.69. The van der Waals surface area contributed by atoms with Crippen LogP contribution in [-0.2, 0) is 9.59 Å². The number of hydrogen-bond acceptors (Lipinski definition) is 3. The molecule has 2 amide bonds. The van der Waals surface area contributed by atoms with Gasteiger partial charge in [0, 0.05) is 12.6 Å². The molecule has 0 saturated heterocycles. The Kier molecular flexibility index (Phi) is 6.29. The smallest absolute Gasteiger partial charge is 0.244 e. The monoisotopic (exact) mass is 388 g/mol. The third-order valence-electron chi connectivity index (χ3n) is 4.51. The Labute approximate surface area is 170 Å². The highest BCUT2D eigenvalue weighted by molar-refractivity contribution is 6.02. The molecule has 1 N–H and O–H groups in total. The van der Waals surface area contributed by atoms with Gasteiger partial charge in [0.05, 0.1) is 5.69 Å². The number of aryl methyl sites for hydroxylation is 2. The molecular formula is C24H24N2O3. The normalized spacial score (nSPS) is 10.3. The molecule has 148 valence electrons. The highest BCUT2D eigenvalue weighted by Crippen LogP contribution is 2.25. The van der Waals surface area contributed by atoms with Gasteiger partial charge in [-0.25, -0.2) is 0 Å². The number of nitrogens with zero attached hydrogens (tertiary/aromatic N) is 1. The van der Waals surface area contributed by atoms with Crippen LogP contribution in [0.3, 0.4) is 0 Å². The van der Waals surface area contributed by atoms with E-state index in [0.29, 0.717) is 11.4 Å². The minimum atomic E-state index is -0.264. The van der Waals surface area contributed by atoms with Crippen molar-refractivity contribution < 1.29 is 14.3 Å². The van der Waals surface area contributed by atoms with Gasteiger partial charge in [-0.15, -0.1) is 0 Å². The van der Waals surface area contributed by atoms with Crippen LogP contribution in [0.25, 0.3) is 0 Å². The number of carbonyl (C=O) groups is 2. The summed E-state index contributed by atoms with van der Waals surface area (Å²) in [5, 5.41) is 2.84. The summed E-state index contributed by atoms with van der Waals surface area (Å²) in [7, 11) is 0. The topological polar surface area (TPSA) is 58.6 Å². The van der Waals surface area contributed by atoms with E-state index < -0.39 is 0 Å². The predicted octanol–water partition coefficient (Wildman–Crippen LogP) is 5.09. The molecule has 0 heterocycles. The largest absolute Gasteiger partial charge is 0.457 e. The molecule has 0 atom stereocenters. The van der Waals surface area contributed by atoms with Crippen molar-refractivity contribution in [2.75, 3.05) is 16.8 Å². The van der Waals surface area contributed by atoms with Crippen LogP contribution in [-0.4, -0.2) is 18.4 Å². The van der Waals surface area contributed by atoms with Gasteiger partial charge < -0.3 is 15.0 Å². The third kappa shape index (κ3) is 5.23. The standard InChI is InChI=1S/C24H24N2O3/c1-17-8-7-9-18(2)24(17)26(19(3)27)16-23(28)25-20-12-14-22(15-13-20)29-21-10-5-4-6-11-21/h4-15H,16H2,1-3H3,(H,25,28). The first-order valence-electron chi connectivity index (χ1n) is 9.41. The minimum Gasteiger partial charge on any atom is -0.457 e. The van der Waals surface area contributed by atoms with Crippen molar-refractivity contribution in [1.82, 2.24) is 0 Å². The van der Waals surface area contributed by atoms with Crippen LogP contribution >= 0.6 is 0 Å². The molecule has 0 unspecified atom stereocenters. The van der Waals surface area contributed by atoms with E-state index in [9.17, 15) is 9.59 Å². The molecule has 0 saturated carbocycles. The van der Waals surface area contributed by atoms with E-state index in [1.807, 2.05) is 62.4 Å². The molecule has 0 aliphatic rings. The molecule has 0 aliphatic heterocycles. The van der Waals surface area contributed by atoms with Crippen molar-refractivity contribution in [3.05, 3.63) is 83.9 Å². The van der Waals surface area contributed by atoms with Gasteiger partial charge in [0.25, 0.3) is 0 Å². The molecule has 0 radical (unpaired) electrons. The second-order valence-electron chi connectivity index (χ2n) is 6.83. The van der Waals surface area contributed by atoms with Crippen LogP contribution in [0.1, 0.15) is 18.1 Å². The SMILES string of the molecule is CC(=O)N(CC(=O)Nc1ccc(Oc2ccccc2)cc1)c1c(C)cccc1C. The average molecular weight is 388 g/mol. The van der Waals surface area contributed by atoms with E-state index in [1.54, 1.807) is 24.3 Å². The van der Waals surface area contributed by atoms with Crippen LogP contribution in [0.4, 0.5) is 11.4 Å². The second-order valence-corrected chi connectivity index (χ2v) is 6.83. The molecule has 0 fully saturated rings. The molecule has 0 aromatic heterocycles. The van der Waals surface area contributed by atoms with E-state index in [0.717, 1.165) is 22.6 Å². The van der Waals surface area contributed by atoms with Gasteiger partial charge in [-0.3, -0.25) is 9.59 Å². The highest BCUT2D eigenvalue weighted by Gasteiger charge is 2.19. The summed E-state index contributed by atoms with van der Waals surface area (Å²) < 4.78 is 5.75. The fraction of sp³-hybridized carbons (Fsp3) is 0.167. The molecule has 0 aliphatic carbocycles. The van der Waals surface area contributed by atoms with Crippen LogP contribution in [0.5, 0.6) is 11.5 Å². The lowest BCUT2D eigenvalue weighted by molar-refractivity contribution is -0.120. The number of nitrogens with one attached hydrogen (secondary N) is 1. The predicted molar refractivity (Wildman–Crippen MR) is 116 cm³/mol. The Morgan fingerprint density at radius 2 is 1.41 bits per heavy atom. The number of carbonyl (C=O) groups excluding carboxylic acids is 2. The summed E-state index contributed by atoms with van der Waals surface area (Å²) in [4.78, 5) is 26.3. The fourth-order valence-electron chi connectivity index (χ4n) is 3.15. The van der Waals surface area contributed by atoms with E-state index in [2.05, 4.69) is 5.32 Å². The van der Waals surface area contributed by atoms with Crippen molar-refractivity contribution in [1.29, 1.82) is 0 Å². The van der Waals surface area contributed by atoms with Crippen molar-refractivity contribution in [3.8, 4) is 11.5 Å². The number of anilines is 2. The maximum atomic E-state index is 12.6. The Bertz CT molecular complexity index is 978. The molecule has 5 nitrogen and oxygen atoms in total. The Morgan fingerprint density at radius 3 is 2.00 bits per heavy atom. The molecule has 3 aromatic carbocycles. The first-order chi connectivity index (χ1) is 13.9. The Balaban J connectivity index is 1.67. The van der Waals surface area contributed by atoms with Crippen molar-refractivity contribution in [2.45, 2.75) is 20.8 Å². The van der Waals surface area contributed by atoms with Gasteiger partial charge >= 0.3 is 0 Å². The summed E-state index contributed by atoms with van der Waals surface area (Å²) in [5.41, 5.74) is 3.33. The number of hydrogen-bond donors (Lipinski definition) is 1. The van der Waals surface area contributed by atoms with E-state index in [4.69, 9.17) is 4.74 Å². The number of benzene rings is 3. The maximum Gasteiger partial charge on any atom is 0.244 e. The molecule has 3 aromatic rings. The zero-order valence-electron chi connectivity index (χ0n) is 16.8. The molecule has 29 heavy (non-hydrogen) atoms. The van der Waals surface area contributed by atoms with Gasteiger partial charge in [0.2, 0.25) is 11.8 Å². The summed E-state index contributed by atoms with van der Waals surface area (Å²) >= 11 is 0. The zero-order valence-corrected chi connectivity index (χ0v) is 16.8. The molecule has 5 heteroatoms. The van der Waals surface area contributed by atoms with Crippen LogP contribution in [0.2, 0.25) is 0 Å². The van der Waals surface area contributed by atoms with Crippen LogP contribution in [0.15, 0.2) is 72.8 Å². The lowest BCUT2D eigenvalue weighted by atomic mass is 10.1. The van der Waals surface area contributed by atoms with Crippen LogP contribution < -0.4 is 15.0 Å². The molecule has 0 spiro atoms. The summed E-state index contributed by atoms with van der Waals surface area (Å²) in [6.45, 7) is 5.28. The van der Waals surface area contributed by atoms with Gasteiger partial charge in [-0.05, 0) is 61.4 Å². The van der Waals surface area contributed by atoms with E-state index >= 15 is 0 Å². The third-order valence-corrected chi connectivity index (χ3v) is 4.51. The molecule has 3 rings (SSSR count). The first kappa shape index (κ1) is 20.1. The zero-order chi connectivity index (χ0) is 20.8. The Hall–Kier alpha value is -3.60. The number of ether oxygens (including phenoxy) is 1. The molecule has 0 bridgehead atoms. The first-order valence-corrected chi connectivity index (χ1v) is 9.41. The number of amides is 2. The van der Waals surface area contributed by atoms with Crippen molar-refractivity contribution in [3.63, 3.8) is 0 Å². The number of para-hydroxylation sites is 2. The van der Waals surface area contributed by atoms with Crippen LogP contribution in [0, 0.1) is 13.8 Å². The quantitative estimate of drug-likeness (QED) is 0.640. The summed E-state index contributed by atoms with van der Waals surface area (Å²) in [6.07, 6.45) is 0. The van der Waals surface area contributed by atoms with Crippen molar-refractivity contribution >= 4 is 23.2 Å². The van der Waals surface area contributed by atoms with E-state index in [1.165, 1.54) is 11.8 Å². The Morgan fingerprint density at radius 1 is 0.828 bits per heavy atom. The van der Waals surface area contributed by atoms with Gasteiger partial charge in [0.1, 0.15) is 18.0 Å². The van der Waals surface area contributed by atoms with E-state index in [-0.39, 0.29) is 18.4 Å². The van der Waals surface area contributed by atoms with Gasteiger partial charge in [-0.2, -0.15) is 0 Å². The summed E-state index contributed by atoms with van der Waals surface area (Å²) in [5.74, 6) is 0.980. The van der Waals surface area contributed by atoms with Crippen molar-refractivity contribution in [2.24, 2.45) is 0 Å². The maximum absolute atomic E-state index is 12.6. The number of rotatable bonds is 6. The lowest BCUT2D eigenvalue weighted by Gasteiger charge is -2.24. The minimum absolute atomic E-state index is 0.0523. The summed E-state index contributed by atoms with van der Waals surface area (Å²) in [6, 6.07) is 22.4. The fourth-order valence-corrected chi connectivity index (χ4v) is 3.15. The van der Waals surface area contributed by atoms with Gasteiger partial charge in [-0.1, -0.05) is 36.4 Å².